The van der Waals surface area contributed by atoms with Gasteiger partial charge >= 0.3 is 0 Å². The highest BCUT2D eigenvalue weighted by Crippen LogP contribution is 2.20. The van der Waals surface area contributed by atoms with Gasteiger partial charge < -0.3 is 5.32 Å². The van der Waals surface area contributed by atoms with Gasteiger partial charge in [0.25, 0.3) is 0 Å². The molecule has 0 aliphatic carbocycles. The van der Waals surface area contributed by atoms with E-state index < -0.39 is 0 Å². The van der Waals surface area contributed by atoms with Crippen molar-refractivity contribution >= 4 is 11.6 Å². The van der Waals surface area contributed by atoms with Crippen LogP contribution < -0.4 is 5.32 Å². The molecule has 0 saturated heterocycles. The van der Waals surface area contributed by atoms with Gasteiger partial charge in [-0.05, 0) is 43.5 Å². The van der Waals surface area contributed by atoms with E-state index in [9.17, 15) is 4.39 Å². The Labute approximate surface area is 124 Å². The first-order valence-corrected chi connectivity index (χ1v) is 7.19. The Kier molecular flexibility index (Phi) is 5.16. The van der Waals surface area contributed by atoms with Crippen LogP contribution in [0.4, 0.5) is 4.39 Å². The summed E-state index contributed by atoms with van der Waals surface area (Å²) in [5.41, 5.74) is 2.20. The molecule has 2 rings (SSSR count). The van der Waals surface area contributed by atoms with E-state index in [-0.39, 0.29) is 16.9 Å². The van der Waals surface area contributed by atoms with Crippen molar-refractivity contribution < 1.29 is 4.39 Å². The van der Waals surface area contributed by atoms with E-state index in [1.807, 2.05) is 31.2 Å². The maximum atomic E-state index is 13.5. The van der Waals surface area contributed by atoms with Crippen LogP contribution in [-0.2, 0) is 6.42 Å². The Balaban J connectivity index is 1.96. The molecule has 0 saturated carbocycles. The number of benzene rings is 2. The second kappa shape index (κ2) is 6.87. The number of hydrogen-bond acceptors (Lipinski definition) is 1. The van der Waals surface area contributed by atoms with Gasteiger partial charge in [0.1, 0.15) is 5.82 Å². The molecule has 0 aliphatic rings. The lowest BCUT2D eigenvalue weighted by molar-refractivity contribution is 0.475. The van der Waals surface area contributed by atoms with Crippen LogP contribution in [0.2, 0.25) is 5.02 Å². The van der Waals surface area contributed by atoms with Crippen molar-refractivity contribution in [3.63, 3.8) is 0 Å². The highest BCUT2D eigenvalue weighted by atomic mass is 35.5. The summed E-state index contributed by atoms with van der Waals surface area (Å²) in [4.78, 5) is 0. The van der Waals surface area contributed by atoms with E-state index in [4.69, 9.17) is 11.6 Å². The molecule has 3 heteroatoms. The van der Waals surface area contributed by atoms with Gasteiger partial charge in [-0.2, -0.15) is 0 Å². The summed E-state index contributed by atoms with van der Waals surface area (Å²) in [7, 11) is 0. The van der Waals surface area contributed by atoms with Crippen molar-refractivity contribution in [1.82, 2.24) is 5.32 Å². The Bertz CT molecular complexity index is 556. The maximum absolute atomic E-state index is 13.5. The summed E-state index contributed by atoms with van der Waals surface area (Å²) >= 11 is 5.70. The quantitative estimate of drug-likeness (QED) is 0.837. The zero-order valence-electron chi connectivity index (χ0n) is 11.7. The van der Waals surface area contributed by atoms with Crippen molar-refractivity contribution in [2.24, 2.45) is 0 Å². The summed E-state index contributed by atoms with van der Waals surface area (Å²) < 4.78 is 13.5. The molecule has 0 spiro atoms. The largest absolute Gasteiger partial charge is 0.307 e. The summed E-state index contributed by atoms with van der Waals surface area (Å²) in [5.74, 6) is -0.367. The molecule has 0 heterocycles. The molecule has 20 heavy (non-hydrogen) atoms. The van der Waals surface area contributed by atoms with Gasteiger partial charge in [0.05, 0.1) is 5.02 Å². The Morgan fingerprint density at radius 3 is 2.45 bits per heavy atom. The summed E-state index contributed by atoms with van der Waals surface area (Å²) in [5, 5.41) is 3.65. The van der Waals surface area contributed by atoms with Gasteiger partial charge in [0, 0.05) is 12.1 Å². The van der Waals surface area contributed by atoms with Gasteiger partial charge in [-0.15, -0.1) is 0 Å². The van der Waals surface area contributed by atoms with Crippen molar-refractivity contribution in [3.8, 4) is 0 Å². The second-order valence-corrected chi connectivity index (χ2v) is 5.56. The van der Waals surface area contributed by atoms with Crippen LogP contribution in [-0.4, -0.2) is 6.04 Å². The third-order valence-corrected chi connectivity index (χ3v) is 3.67. The molecule has 0 aliphatic heterocycles. The third kappa shape index (κ3) is 4.06. The SMILES string of the molecule is CC(Cc1ccccc1)NC(C)c1ccc(Cl)c(F)c1. The zero-order chi connectivity index (χ0) is 14.5. The fourth-order valence-corrected chi connectivity index (χ4v) is 2.45. The van der Waals surface area contributed by atoms with Gasteiger partial charge in [0.15, 0.2) is 0 Å². The van der Waals surface area contributed by atoms with Crippen LogP contribution in [0.25, 0.3) is 0 Å². The number of nitrogens with one attached hydrogen (secondary N) is 1. The van der Waals surface area contributed by atoms with Crippen LogP contribution in [0, 0.1) is 5.82 Å². The van der Waals surface area contributed by atoms with E-state index in [1.165, 1.54) is 11.6 Å². The van der Waals surface area contributed by atoms with Gasteiger partial charge in [-0.3, -0.25) is 0 Å². The Morgan fingerprint density at radius 1 is 1.10 bits per heavy atom. The minimum atomic E-state index is -0.367. The van der Waals surface area contributed by atoms with Crippen molar-refractivity contribution in [2.75, 3.05) is 0 Å². The molecule has 2 aromatic rings. The summed E-state index contributed by atoms with van der Waals surface area (Å²) in [6, 6.07) is 15.7. The summed E-state index contributed by atoms with van der Waals surface area (Å²) in [6.07, 6.45) is 0.946. The molecule has 0 radical (unpaired) electrons. The van der Waals surface area contributed by atoms with Crippen LogP contribution in [0.1, 0.15) is 31.0 Å². The molecule has 0 bridgehead atoms. The Hall–Kier alpha value is -1.38. The minimum Gasteiger partial charge on any atom is -0.307 e. The highest BCUT2D eigenvalue weighted by Gasteiger charge is 2.11. The smallest absolute Gasteiger partial charge is 0.142 e. The predicted octanol–water partition coefficient (Wildman–Crippen LogP) is 4.76. The molecule has 2 atom stereocenters. The van der Waals surface area contributed by atoms with Gasteiger partial charge in [0.2, 0.25) is 0 Å². The molecular weight excluding hydrogens is 273 g/mol. The average molecular weight is 292 g/mol. The van der Waals surface area contributed by atoms with E-state index in [2.05, 4.69) is 24.4 Å². The third-order valence-electron chi connectivity index (χ3n) is 3.36. The molecule has 0 aromatic heterocycles. The predicted molar refractivity (Wildman–Crippen MR) is 82.6 cm³/mol. The average Bonchev–Trinajstić information content (AvgIpc) is 2.42. The second-order valence-electron chi connectivity index (χ2n) is 5.15. The maximum Gasteiger partial charge on any atom is 0.142 e. The fraction of sp³-hybridized carbons (Fsp3) is 0.294. The Morgan fingerprint density at radius 2 is 1.80 bits per heavy atom. The lowest BCUT2D eigenvalue weighted by Gasteiger charge is -2.20. The van der Waals surface area contributed by atoms with Crippen LogP contribution in [0.5, 0.6) is 0 Å². The minimum absolute atomic E-state index is 0.0838. The lowest BCUT2D eigenvalue weighted by Crippen LogP contribution is -2.30. The van der Waals surface area contributed by atoms with E-state index in [0.29, 0.717) is 6.04 Å². The molecular formula is C17H19ClFN. The molecule has 1 nitrogen and oxygen atoms in total. The molecule has 0 fully saturated rings. The topological polar surface area (TPSA) is 12.0 Å². The van der Waals surface area contributed by atoms with E-state index in [0.717, 1.165) is 12.0 Å². The first-order chi connectivity index (χ1) is 9.56. The molecule has 2 unspecified atom stereocenters. The van der Waals surface area contributed by atoms with E-state index in [1.54, 1.807) is 6.07 Å². The molecule has 106 valence electrons. The number of hydrogen-bond donors (Lipinski definition) is 1. The summed E-state index contributed by atoms with van der Waals surface area (Å²) in [6.45, 7) is 4.17. The van der Waals surface area contributed by atoms with E-state index >= 15 is 0 Å². The van der Waals surface area contributed by atoms with Crippen molar-refractivity contribution in [2.45, 2.75) is 32.4 Å². The first kappa shape index (κ1) is 15.0. The monoisotopic (exact) mass is 291 g/mol. The van der Waals surface area contributed by atoms with Crippen molar-refractivity contribution in [3.05, 3.63) is 70.5 Å². The molecule has 0 amide bonds. The van der Waals surface area contributed by atoms with Crippen molar-refractivity contribution in [1.29, 1.82) is 0 Å². The zero-order valence-corrected chi connectivity index (χ0v) is 12.5. The normalized spacial score (nSPS) is 14.0. The van der Waals surface area contributed by atoms with Crippen LogP contribution in [0.15, 0.2) is 48.5 Å². The van der Waals surface area contributed by atoms with Gasteiger partial charge in [-0.1, -0.05) is 48.0 Å². The van der Waals surface area contributed by atoms with Gasteiger partial charge in [-0.25, -0.2) is 4.39 Å². The number of rotatable bonds is 5. The van der Waals surface area contributed by atoms with Crippen LogP contribution >= 0.6 is 11.6 Å². The standard InChI is InChI=1S/C17H19ClFN/c1-12(10-14-6-4-3-5-7-14)20-13(2)15-8-9-16(18)17(19)11-15/h3-9,11-13,20H,10H2,1-2H3. The highest BCUT2D eigenvalue weighted by molar-refractivity contribution is 6.30. The molecule has 2 aromatic carbocycles. The molecule has 1 N–H and O–H groups in total. The first-order valence-electron chi connectivity index (χ1n) is 6.81. The number of halogens is 2. The fourth-order valence-electron chi connectivity index (χ4n) is 2.33. The van der Waals surface area contributed by atoms with Crippen LogP contribution in [0.3, 0.4) is 0 Å². The lowest BCUT2D eigenvalue weighted by atomic mass is 10.0.